The van der Waals surface area contributed by atoms with E-state index in [9.17, 15) is 19.7 Å². The van der Waals surface area contributed by atoms with Gasteiger partial charge in [0, 0.05) is 11.6 Å². The number of aryl methyl sites for hydroxylation is 1. The predicted molar refractivity (Wildman–Crippen MR) is 90.0 cm³/mol. The van der Waals surface area contributed by atoms with Crippen molar-refractivity contribution in [2.45, 2.75) is 20.0 Å². The second-order valence-corrected chi connectivity index (χ2v) is 5.30. The lowest BCUT2D eigenvalue weighted by Crippen LogP contribution is -2.47. The Morgan fingerprint density at radius 2 is 1.84 bits per heavy atom. The number of rotatable bonds is 5. The van der Waals surface area contributed by atoms with E-state index in [1.165, 1.54) is 25.1 Å². The summed E-state index contributed by atoms with van der Waals surface area (Å²) in [4.78, 5) is 34.3. The summed E-state index contributed by atoms with van der Waals surface area (Å²) in [5, 5.41) is 10.9. The third kappa shape index (κ3) is 4.77. The summed E-state index contributed by atoms with van der Waals surface area (Å²) in [5.41, 5.74) is 5.57. The molecule has 2 aromatic rings. The minimum absolute atomic E-state index is 0.0276. The Morgan fingerprint density at radius 3 is 2.52 bits per heavy atom. The van der Waals surface area contributed by atoms with Crippen molar-refractivity contribution in [1.82, 2.24) is 10.9 Å². The van der Waals surface area contributed by atoms with Crippen molar-refractivity contribution in [1.29, 1.82) is 0 Å². The monoisotopic (exact) mass is 343 g/mol. The largest absolute Gasteiger partial charge is 0.474 e. The second-order valence-electron chi connectivity index (χ2n) is 5.30. The van der Waals surface area contributed by atoms with Gasteiger partial charge in [-0.3, -0.25) is 30.6 Å². The van der Waals surface area contributed by atoms with Crippen LogP contribution in [-0.2, 0) is 4.79 Å². The molecule has 0 saturated heterocycles. The van der Waals surface area contributed by atoms with Gasteiger partial charge in [-0.15, -0.1) is 0 Å². The van der Waals surface area contributed by atoms with Crippen LogP contribution in [0.4, 0.5) is 5.69 Å². The Balaban J connectivity index is 1.95. The Morgan fingerprint density at radius 1 is 1.12 bits per heavy atom. The predicted octanol–water partition coefficient (Wildman–Crippen LogP) is 2.13. The normalized spacial score (nSPS) is 11.3. The molecular weight excluding hydrogens is 326 g/mol. The fourth-order valence-corrected chi connectivity index (χ4v) is 2.03. The summed E-state index contributed by atoms with van der Waals surface area (Å²) in [6, 6.07) is 12.6. The Bertz CT molecular complexity index is 806. The Labute approximate surface area is 143 Å². The molecule has 0 aliphatic carbocycles. The zero-order chi connectivity index (χ0) is 18.4. The van der Waals surface area contributed by atoms with E-state index in [0.717, 1.165) is 5.56 Å². The number of hydrogen-bond donors (Lipinski definition) is 2. The fraction of sp³-hybridized carbons (Fsp3) is 0.176. The number of nitrogens with zero attached hydrogens (tertiary/aromatic N) is 1. The zero-order valence-corrected chi connectivity index (χ0v) is 13.7. The van der Waals surface area contributed by atoms with Gasteiger partial charge in [0.2, 0.25) is 0 Å². The van der Waals surface area contributed by atoms with Gasteiger partial charge in [-0.05, 0) is 32.0 Å². The number of hydrogen-bond acceptors (Lipinski definition) is 5. The summed E-state index contributed by atoms with van der Waals surface area (Å²) in [7, 11) is 0. The molecule has 0 fully saturated rings. The number of nitro benzene ring substituents is 1. The molecule has 2 aromatic carbocycles. The van der Waals surface area contributed by atoms with Gasteiger partial charge in [0.25, 0.3) is 11.8 Å². The van der Waals surface area contributed by atoms with E-state index in [1.54, 1.807) is 24.3 Å². The average Bonchev–Trinajstić information content (AvgIpc) is 2.59. The van der Waals surface area contributed by atoms with Crippen LogP contribution < -0.4 is 15.6 Å². The van der Waals surface area contributed by atoms with Crippen LogP contribution in [-0.4, -0.2) is 22.8 Å². The van der Waals surface area contributed by atoms with Crippen molar-refractivity contribution in [3.8, 4) is 5.75 Å². The van der Waals surface area contributed by atoms with Crippen LogP contribution in [0.5, 0.6) is 5.75 Å². The standard InChI is InChI=1S/C17H17N3O5/c1-11-6-5-7-13(10-11)17(22)19-18-16(21)12(2)25-15-9-4-3-8-14(15)20(23)24/h3-10,12H,1-2H3,(H,18,21)(H,19,22)/t12-/m1/s1. The third-order valence-corrected chi connectivity index (χ3v) is 3.31. The van der Waals surface area contributed by atoms with Crippen molar-refractivity contribution < 1.29 is 19.2 Å². The van der Waals surface area contributed by atoms with Crippen molar-refractivity contribution in [2.24, 2.45) is 0 Å². The lowest BCUT2D eigenvalue weighted by atomic mass is 10.1. The molecule has 1 atom stereocenters. The number of ether oxygens (including phenoxy) is 1. The molecule has 0 saturated carbocycles. The van der Waals surface area contributed by atoms with E-state index in [1.807, 2.05) is 13.0 Å². The molecular formula is C17H17N3O5. The lowest BCUT2D eigenvalue weighted by molar-refractivity contribution is -0.386. The zero-order valence-electron chi connectivity index (χ0n) is 13.7. The summed E-state index contributed by atoms with van der Waals surface area (Å²) in [5.74, 6) is -1.14. The molecule has 2 amide bonds. The highest BCUT2D eigenvalue weighted by molar-refractivity contribution is 5.95. The van der Waals surface area contributed by atoms with E-state index in [0.29, 0.717) is 5.56 Å². The van der Waals surface area contributed by atoms with Gasteiger partial charge < -0.3 is 4.74 Å². The van der Waals surface area contributed by atoms with Crippen molar-refractivity contribution >= 4 is 17.5 Å². The first-order valence-electron chi connectivity index (χ1n) is 7.45. The lowest BCUT2D eigenvalue weighted by Gasteiger charge is -2.15. The van der Waals surface area contributed by atoms with Gasteiger partial charge in [-0.2, -0.15) is 0 Å². The molecule has 8 nitrogen and oxygen atoms in total. The molecule has 0 aliphatic rings. The average molecular weight is 343 g/mol. The smallest absolute Gasteiger partial charge is 0.310 e. The molecule has 2 N–H and O–H groups in total. The Kier molecular flexibility index (Phi) is 5.67. The first-order chi connectivity index (χ1) is 11.9. The number of para-hydroxylation sites is 2. The topological polar surface area (TPSA) is 111 Å². The van der Waals surface area contributed by atoms with Crippen LogP contribution >= 0.6 is 0 Å². The van der Waals surface area contributed by atoms with Gasteiger partial charge in [0.15, 0.2) is 11.9 Å². The van der Waals surface area contributed by atoms with Gasteiger partial charge in [0.05, 0.1) is 4.92 Å². The molecule has 0 radical (unpaired) electrons. The number of amides is 2. The molecule has 8 heteroatoms. The number of nitrogens with one attached hydrogen (secondary N) is 2. The summed E-state index contributed by atoms with van der Waals surface area (Å²) in [6.45, 7) is 3.27. The van der Waals surface area contributed by atoms with Crippen LogP contribution in [0.1, 0.15) is 22.8 Å². The maximum atomic E-state index is 12.0. The van der Waals surface area contributed by atoms with Crippen LogP contribution in [0.25, 0.3) is 0 Å². The van der Waals surface area contributed by atoms with Crippen molar-refractivity contribution in [3.05, 3.63) is 69.8 Å². The first-order valence-corrected chi connectivity index (χ1v) is 7.45. The van der Waals surface area contributed by atoms with Gasteiger partial charge >= 0.3 is 5.69 Å². The van der Waals surface area contributed by atoms with E-state index < -0.39 is 22.8 Å². The highest BCUT2D eigenvalue weighted by Gasteiger charge is 2.21. The van der Waals surface area contributed by atoms with Gasteiger partial charge in [-0.25, -0.2) is 0 Å². The molecule has 0 bridgehead atoms. The minimum atomic E-state index is -1.04. The summed E-state index contributed by atoms with van der Waals surface area (Å²) < 4.78 is 5.32. The molecule has 0 unspecified atom stereocenters. The number of nitro groups is 1. The summed E-state index contributed by atoms with van der Waals surface area (Å²) >= 11 is 0. The molecule has 130 valence electrons. The number of carbonyl (C=O) groups is 2. The second kappa shape index (κ2) is 7.91. The molecule has 25 heavy (non-hydrogen) atoms. The number of hydrazine groups is 1. The maximum Gasteiger partial charge on any atom is 0.310 e. The quantitative estimate of drug-likeness (QED) is 0.638. The fourth-order valence-electron chi connectivity index (χ4n) is 2.03. The molecule has 2 rings (SSSR count). The Hall–Kier alpha value is -3.42. The van der Waals surface area contributed by atoms with E-state index >= 15 is 0 Å². The number of benzene rings is 2. The highest BCUT2D eigenvalue weighted by Crippen LogP contribution is 2.26. The summed E-state index contributed by atoms with van der Waals surface area (Å²) in [6.07, 6.45) is -1.04. The van der Waals surface area contributed by atoms with Crippen molar-refractivity contribution in [2.75, 3.05) is 0 Å². The SMILES string of the molecule is Cc1cccc(C(=O)NNC(=O)[C@@H](C)Oc2ccccc2[N+](=O)[O-])c1. The minimum Gasteiger partial charge on any atom is -0.474 e. The molecule has 0 spiro atoms. The van der Waals surface area contributed by atoms with Crippen LogP contribution in [0.3, 0.4) is 0 Å². The molecule has 0 aromatic heterocycles. The first kappa shape index (κ1) is 17.9. The van der Waals surface area contributed by atoms with Crippen LogP contribution in [0.15, 0.2) is 48.5 Å². The van der Waals surface area contributed by atoms with Gasteiger partial charge in [-0.1, -0.05) is 29.8 Å². The molecule has 0 aliphatic heterocycles. The van der Waals surface area contributed by atoms with Gasteiger partial charge in [0.1, 0.15) is 0 Å². The van der Waals surface area contributed by atoms with Crippen molar-refractivity contribution in [3.63, 3.8) is 0 Å². The molecule has 0 heterocycles. The van der Waals surface area contributed by atoms with E-state index in [4.69, 9.17) is 4.74 Å². The van der Waals surface area contributed by atoms with E-state index in [-0.39, 0.29) is 11.4 Å². The number of carbonyl (C=O) groups excluding carboxylic acids is 2. The maximum absolute atomic E-state index is 12.0. The highest BCUT2D eigenvalue weighted by atomic mass is 16.6. The van der Waals surface area contributed by atoms with E-state index in [2.05, 4.69) is 10.9 Å². The third-order valence-electron chi connectivity index (χ3n) is 3.31. The van der Waals surface area contributed by atoms with Crippen LogP contribution in [0, 0.1) is 17.0 Å². The van der Waals surface area contributed by atoms with Crippen LogP contribution in [0.2, 0.25) is 0 Å².